The third-order valence-corrected chi connectivity index (χ3v) is 4.15. The van der Waals surface area contributed by atoms with Crippen molar-refractivity contribution in [1.29, 1.82) is 0 Å². The van der Waals surface area contributed by atoms with Gasteiger partial charge in [-0.3, -0.25) is 9.59 Å². The van der Waals surface area contributed by atoms with Gasteiger partial charge < -0.3 is 14.8 Å². The smallest absolute Gasteiger partial charge is 0.256 e. The Labute approximate surface area is 154 Å². The number of hydrogen-bond acceptors (Lipinski definition) is 4. The van der Waals surface area contributed by atoms with E-state index >= 15 is 0 Å². The summed E-state index contributed by atoms with van der Waals surface area (Å²) < 4.78 is 23.6. The molecule has 27 heavy (non-hydrogen) atoms. The number of benzene rings is 3. The van der Waals surface area contributed by atoms with Crippen molar-refractivity contribution in [2.24, 2.45) is 0 Å². The molecule has 1 aliphatic rings. The predicted octanol–water partition coefficient (Wildman–Crippen LogP) is 4.04. The Morgan fingerprint density at radius 3 is 2.33 bits per heavy atom. The molecule has 0 aromatic heterocycles. The van der Waals surface area contributed by atoms with Crippen molar-refractivity contribution in [3.05, 3.63) is 89.2 Å². The normalized spacial score (nSPS) is 11.9. The minimum absolute atomic E-state index is 0.141. The highest BCUT2D eigenvalue weighted by Gasteiger charge is 2.19. The molecule has 0 fully saturated rings. The lowest BCUT2D eigenvalue weighted by Crippen LogP contribution is -2.17. The number of amides is 1. The van der Waals surface area contributed by atoms with Gasteiger partial charge in [0.05, 0.1) is 5.56 Å². The maximum absolute atomic E-state index is 13.1. The van der Waals surface area contributed by atoms with Crippen LogP contribution >= 0.6 is 0 Å². The molecule has 1 N–H and O–H groups in total. The number of ether oxygens (including phenoxy) is 2. The topological polar surface area (TPSA) is 64.6 Å². The number of hydrogen-bond donors (Lipinski definition) is 1. The van der Waals surface area contributed by atoms with Crippen molar-refractivity contribution < 1.29 is 23.5 Å². The molecule has 1 aliphatic heterocycles. The molecule has 0 aliphatic carbocycles. The van der Waals surface area contributed by atoms with Gasteiger partial charge in [-0.2, -0.15) is 0 Å². The Kier molecular flexibility index (Phi) is 4.30. The number of rotatable bonds is 4. The summed E-state index contributed by atoms with van der Waals surface area (Å²) in [6, 6.07) is 16.7. The SMILES string of the molecule is O=C(Nc1ccc2c(c1)OCO2)c1ccccc1C(=O)c1ccc(F)cc1. The number of halogens is 1. The molecule has 0 saturated carbocycles. The lowest BCUT2D eigenvalue weighted by atomic mass is 9.98. The molecule has 0 unspecified atom stereocenters. The maximum Gasteiger partial charge on any atom is 0.256 e. The van der Waals surface area contributed by atoms with Crippen LogP contribution in [0.3, 0.4) is 0 Å². The number of ketones is 1. The van der Waals surface area contributed by atoms with E-state index in [-0.39, 0.29) is 23.7 Å². The molecule has 6 heteroatoms. The molecule has 5 nitrogen and oxygen atoms in total. The molecule has 1 heterocycles. The molecular formula is C21H14FNO4. The van der Waals surface area contributed by atoms with E-state index in [1.165, 1.54) is 24.3 Å². The molecule has 0 atom stereocenters. The van der Waals surface area contributed by atoms with Crippen molar-refractivity contribution in [2.75, 3.05) is 12.1 Å². The highest BCUT2D eigenvalue weighted by Crippen LogP contribution is 2.34. The zero-order chi connectivity index (χ0) is 18.8. The van der Waals surface area contributed by atoms with Gasteiger partial charge in [-0.1, -0.05) is 18.2 Å². The van der Waals surface area contributed by atoms with Crippen LogP contribution in [0.15, 0.2) is 66.7 Å². The van der Waals surface area contributed by atoms with E-state index in [2.05, 4.69) is 5.32 Å². The van der Waals surface area contributed by atoms with Crippen LogP contribution in [0.25, 0.3) is 0 Å². The fourth-order valence-corrected chi connectivity index (χ4v) is 2.81. The van der Waals surface area contributed by atoms with Gasteiger partial charge in [-0.05, 0) is 42.5 Å². The van der Waals surface area contributed by atoms with Crippen molar-refractivity contribution >= 4 is 17.4 Å². The average Bonchev–Trinajstić information content (AvgIpc) is 3.16. The zero-order valence-electron chi connectivity index (χ0n) is 14.1. The Bertz CT molecular complexity index is 1030. The van der Waals surface area contributed by atoms with Crippen LogP contribution in [-0.4, -0.2) is 18.5 Å². The monoisotopic (exact) mass is 363 g/mol. The summed E-state index contributed by atoms with van der Waals surface area (Å²) in [5, 5.41) is 2.76. The first-order chi connectivity index (χ1) is 13.1. The summed E-state index contributed by atoms with van der Waals surface area (Å²) in [5.74, 6) is -0.0601. The van der Waals surface area contributed by atoms with Crippen LogP contribution in [0.1, 0.15) is 26.3 Å². The van der Waals surface area contributed by atoms with Gasteiger partial charge in [0.25, 0.3) is 5.91 Å². The maximum atomic E-state index is 13.1. The van der Waals surface area contributed by atoms with Gasteiger partial charge in [0, 0.05) is 22.9 Å². The van der Waals surface area contributed by atoms with E-state index in [1.54, 1.807) is 42.5 Å². The second-order valence-corrected chi connectivity index (χ2v) is 5.90. The standard InChI is InChI=1S/C21H14FNO4/c22-14-7-5-13(6-8-14)20(24)16-3-1-2-4-17(16)21(25)23-15-9-10-18-19(11-15)27-12-26-18/h1-11H,12H2,(H,23,25). The molecular weight excluding hydrogens is 349 g/mol. The largest absolute Gasteiger partial charge is 0.454 e. The van der Waals surface area contributed by atoms with E-state index in [9.17, 15) is 14.0 Å². The summed E-state index contributed by atoms with van der Waals surface area (Å²) in [6.45, 7) is 0.141. The highest BCUT2D eigenvalue weighted by molar-refractivity contribution is 6.17. The first-order valence-corrected chi connectivity index (χ1v) is 8.22. The second kappa shape index (κ2) is 6.92. The van der Waals surface area contributed by atoms with Crippen LogP contribution in [0.5, 0.6) is 11.5 Å². The van der Waals surface area contributed by atoms with Crippen LogP contribution in [0, 0.1) is 5.82 Å². The number of carbonyl (C=O) groups is 2. The van der Waals surface area contributed by atoms with E-state index < -0.39 is 11.7 Å². The summed E-state index contributed by atoms with van der Waals surface area (Å²) in [7, 11) is 0. The summed E-state index contributed by atoms with van der Waals surface area (Å²) in [6.07, 6.45) is 0. The van der Waals surface area contributed by atoms with Gasteiger partial charge in [0.1, 0.15) is 5.82 Å². The van der Waals surface area contributed by atoms with Crippen molar-refractivity contribution in [3.63, 3.8) is 0 Å². The molecule has 134 valence electrons. The molecule has 3 aromatic rings. The van der Waals surface area contributed by atoms with Gasteiger partial charge >= 0.3 is 0 Å². The lowest BCUT2D eigenvalue weighted by molar-refractivity contribution is 0.0996. The summed E-state index contributed by atoms with van der Waals surface area (Å²) in [4.78, 5) is 25.5. The number of anilines is 1. The predicted molar refractivity (Wildman–Crippen MR) is 96.8 cm³/mol. The average molecular weight is 363 g/mol. The third kappa shape index (κ3) is 3.37. The zero-order valence-corrected chi connectivity index (χ0v) is 14.1. The fourth-order valence-electron chi connectivity index (χ4n) is 2.81. The molecule has 0 radical (unpaired) electrons. The van der Waals surface area contributed by atoms with Crippen LogP contribution < -0.4 is 14.8 Å². The minimum atomic E-state index is -0.431. The third-order valence-electron chi connectivity index (χ3n) is 4.15. The van der Waals surface area contributed by atoms with E-state index in [4.69, 9.17) is 9.47 Å². The summed E-state index contributed by atoms with van der Waals surface area (Å²) in [5.41, 5.74) is 1.29. The number of nitrogens with one attached hydrogen (secondary N) is 1. The molecule has 0 spiro atoms. The Hall–Kier alpha value is -3.67. The fraction of sp³-hybridized carbons (Fsp3) is 0.0476. The summed E-state index contributed by atoms with van der Waals surface area (Å²) >= 11 is 0. The highest BCUT2D eigenvalue weighted by atomic mass is 19.1. The van der Waals surface area contributed by atoms with E-state index in [0.29, 0.717) is 22.7 Å². The van der Waals surface area contributed by atoms with E-state index in [1.807, 2.05) is 0 Å². The second-order valence-electron chi connectivity index (χ2n) is 5.90. The Morgan fingerprint density at radius 1 is 0.852 bits per heavy atom. The minimum Gasteiger partial charge on any atom is -0.454 e. The molecule has 3 aromatic carbocycles. The lowest BCUT2D eigenvalue weighted by Gasteiger charge is -2.10. The first kappa shape index (κ1) is 16.8. The Morgan fingerprint density at radius 2 is 1.56 bits per heavy atom. The van der Waals surface area contributed by atoms with Crippen LogP contribution in [0.4, 0.5) is 10.1 Å². The van der Waals surface area contributed by atoms with Gasteiger partial charge in [0.15, 0.2) is 17.3 Å². The van der Waals surface area contributed by atoms with Gasteiger partial charge in [0.2, 0.25) is 6.79 Å². The number of fused-ring (bicyclic) bond motifs is 1. The van der Waals surface area contributed by atoms with Crippen LogP contribution in [0.2, 0.25) is 0 Å². The van der Waals surface area contributed by atoms with Crippen molar-refractivity contribution in [1.82, 2.24) is 0 Å². The first-order valence-electron chi connectivity index (χ1n) is 8.22. The van der Waals surface area contributed by atoms with Crippen molar-refractivity contribution in [2.45, 2.75) is 0 Å². The molecule has 1 amide bonds. The number of carbonyl (C=O) groups excluding carboxylic acids is 2. The van der Waals surface area contributed by atoms with E-state index in [0.717, 1.165) is 0 Å². The van der Waals surface area contributed by atoms with Crippen LogP contribution in [-0.2, 0) is 0 Å². The van der Waals surface area contributed by atoms with Crippen molar-refractivity contribution in [3.8, 4) is 11.5 Å². The quantitative estimate of drug-likeness (QED) is 0.711. The molecule has 0 saturated heterocycles. The van der Waals surface area contributed by atoms with Gasteiger partial charge in [-0.15, -0.1) is 0 Å². The van der Waals surface area contributed by atoms with Gasteiger partial charge in [-0.25, -0.2) is 4.39 Å². The molecule has 4 rings (SSSR count). The molecule has 0 bridgehead atoms. The Balaban J connectivity index is 1.61.